The van der Waals surface area contributed by atoms with Crippen molar-refractivity contribution < 1.29 is 24.2 Å². The monoisotopic (exact) mass is 471 g/mol. The Balaban J connectivity index is 1.17. The maximum absolute atomic E-state index is 12.5. The number of rotatable bonds is 6. The highest BCUT2D eigenvalue weighted by Gasteiger charge is 2.34. The number of benzene rings is 2. The predicted molar refractivity (Wildman–Crippen MR) is 129 cm³/mol. The Morgan fingerprint density at radius 2 is 1.69 bits per heavy atom. The van der Waals surface area contributed by atoms with Gasteiger partial charge in [0.05, 0.1) is 18.3 Å². The zero-order valence-electron chi connectivity index (χ0n) is 19.0. The fourth-order valence-corrected chi connectivity index (χ4v) is 4.93. The van der Waals surface area contributed by atoms with E-state index >= 15 is 0 Å². The average Bonchev–Trinajstić information content (AvgIpc) is 3.48. The third kappa shape index (κ3) is 4.59. The molecule has 2 N–H and O–H groups in total. The number of ether oxygens (including phenoxy) is 1. The van der Waals surface area contributed by atoms with Crippen molar-refractivity contribution in [2.75, 3.05) is 18.5 Å². The highest BCUT2D eigenvalue weighted by molar-refractivity contribution is 5.86. The summed E-state index contributed by atoms with van der Waals surface area (Å²) in [7, 11) is 0. The molecular formula is C27H25N3O5. The summed E-state index contributed by atoms with van der Waals surface area (Å²) in [5.41, 5.74) is 5.55. The van der Waals surface area contributed by atoms with E-state index in [9.17, 15) is 19.5 Å². The van der Waals surface area contributed by atoms with Crippen molar-refractivity contribution in [2.45, 2.75) is 31.2 Å². The smallest absolute Gasteiger partial charge is 0.411 e. The highest BCUT2D eigenvalue weighted by Crippen LogP contribution is 2.44. The number of carboxylic acids is 1. The van der Waals surface area contributed by atoms with Crippen LogP contribution < -0.4 is 5.32 Å². The third-order valence-electron chi connectivity index (χ3n) is 6.61. The second kappa shape index (κ2) is 9.58. The third-order valence-corrected chi connectivity index (χ3v) is 6.61. The van der Waals surface area contributed by atoms with E-state index in [1.165, 1.54) is 11.1 Å². The van der Waals surface area contributed by atoms with Crippen LogP contribution in [0.2, 0.25) is 0 Å². The largest absolute Gasteiger partial charge is 0.480 e. The molecule has 1 aliphatic carbocycles. The molecule has 0 spiro atoms. The highest BCUT2D eigenvalue weighted by atomic mass is 16.5. The molecule has 1 fully saturated rings. The fourth-order valence-electron chi connectivity index (χ4n) is 4.93. The van der Waals surface area contributed by atoms with Crippen LogP contribution in [-0.2, 0) is 20.7 Å². The minimum Gasteiger partial charge on any atom is -0.480 e. The number of hydrogen-bond acceptors (Lipinski definition) is 5. The van der Waals surface area contributed by atoms with E-state index in [0.29, 0.717) is 30.8 Å². The molecule has 2 aromatic carbocycles. The molecule has 1 atom stereocenters. The van der Waals surface area contributed by atoms with Gasteiger partial charge in [0, 0.05) is 18.2 Å². The van der Waals surface area contributed by atoms with Crippen LogP contribution in [0.4, 0.5) is 10.5 Å². The van der Waals surface area contributed by atoms with Gasteiger partial charge in [-0.15, -0.1) is 0 Å². The topological polar surface area (TPSA) is 109 Å². The number of anilines is 1. The van der Waals surface area contributed by atoms with E-state index in [2.05, 4.69) is 34.6 Å². The van der Waals surface area contributed by atoms with Gasteiger partial charge in [-0.1, -0.05) is 48.5 Å². The molecule has 8 heteroatoms. The van der Waals surface area contributed by atoms with Gasteiger partial charge in [0.1, 0.15) is 12.6 Å². The molecule has 1 aromatic heterocycles. The number of fused-ring (bicyclic) bond motifs is 3. The van der Waals surface area contributed by atoms with Gasteiger partial charge in [0.15, 0.2) is 0 Å². The molecule has 1 aliphatic heterocycles. The van der Waals surface area contributed by atoms with Crippen LogP contribution in [0.3, 0.4) is 0 Å². The van der Waals surface area contributed by atoms with Crippen molar-refractivity contribution in [3.63, 3.8) is 0 Å². The molecule has 1 unspecified atom stereocenters. The first-order valence-corrected chi connectivity index (χ1v) is 11.6. The first-order valence-electron chi connectivity index (χ1n) is 11.6. The number of nitrogens with one attached hydrogen (secondary N) is 1. The lowest BCUT2D eigenvalue weighted by molar-refractivity contribution is -0.148. The van der Waals surface area contributed by atoms with Gasteiger partial charge in [-0.3, -0.25) is 15.1 Å². The lowest BCUT2D eigenvalue weighted by atomic mass is 9.98. The molecule has 1 saturated heterocycles. The summed E-state index contributed by atoms with van der Waals surface area (Å²) < 4.78 is 5.55. The molecule has 3 aromatic rings. The first kappa shape index (κ1) is 22.6. The number of pyridine rings is 1. The van der Waals surface area contributed by atoms with Crippen LogP contribution in [0.15, 0.2) is 66.9 Å². The van der Waals surface area contributed by atoms with E-state index in [0.717, 1.165) is 22.3 Å². The summed E-state index contributed by atoms with van der Waals surface area (Å²) in [6.07, 6.45) is 2.03. The molecule has 0 radical (unpaired) electrons. The van der Waals surface area contributed by atoms with Crippen molar-refractivity contribution in [1.82, 2.24) is 9.88 Å². The molecule has 178 valence electrons. The summed E-state index contributed by atoms with van der Waals surface area (Å²) in [5, 5.41) is 11.9. The van der Waals surface area contributed by atoms with Gasteiger partial charge in [-0.2, -0.15) is 0 Å². The maximum Gasteiger partial charge on any atom is 0.411 e. The zero-order valence-corrected chi connectivity index (χ0v) is 19.0. The average molecular weight is 472 g/mol. The van der Waals surface area contributed by atoms with Gasteiger partial charge in [0.25, 0.3) is 0 Å². The molecule has 2 amide bonds. The van der Waals surface area contributed by atoms with Crippen LogP contribution in [0.5, 0.6) is 0 Å². The number of nitrogens with zero attached hydrogens (tertiary/aromatic N) is 2. The summed E-state index contributed by atoms with van der Waals surface area (Å²) in [6.45, 7) is 0.650. The van der Waals surface area contributed by atoms with E-state index in [-0.39, 0.29) is 24.9 Å². The van der Waals surface area contributed by atoms with Crippen molar-refractivity contribution in [3.05, 3.63) is 83.7 Å². The van der Waals surface area contributed by atoms with E-state index in [4.69, 9.17) is 4.74 Å². The first-order chi connectivity index (χ1) is 17.0. The SMILES string of the molecule is O=C(Nc1ccc(CC(=O)N2CCCC2C(=O)O)nc1)OCC1c2ccccc2-c2ccccc21. The van der Waals surface area contributed by atoms with Gasteiger partial charge >= 0.3 is 12.1 Å². The Morgan fingerprint density at radius 3 is 2.31 bits per heavy atom. The molecule has 2 aliphatic rings. The van der Waals surface area contributed by atoms with Gasteiger partial charge in [-0.05, 0) is 47.2 Å². The number of carboxylic acid groups (broad SMARTS) is 1. The lowest BCUT2D eigenvalue weighted by Gasteiger charge is -2.21. The number of amides is 2. The van der Waals surface area contributed by atoms with E-state index < -0.39 is 18.1 Å². The standard InChI is InChI=1S/C27H25N3O5/c31-25(30-13-5-10-24(30)26(32)33)14-17-11-12-18(15-28-17)29-27(34)35-16-23-21-8-3-1-6-19(21)20-7-2-4-9-22(20)23/h1-4,6-9,11-12,15,23-24H,5,10,13-14,16H2,(H,29,34)(H,32,33). The van der Waals surface area contributed by atoms with Gasteiger partial charge < -0.3 is 14.7 Å². The van der Waals surface area contributed by atoms with Gasteiger partial charge in [0.2, 0.25) is 5.91 Å². The number of carbonyl (C=O) groups excluding carboxylic acids is 2. The molecule has 5 rings (SSSR count). The van der Waals surface area contributed by atoms with Crippen LogP contribution in [0.1, 0.15) is 35.6 Å². The quantitative estimate of drug-likeness (QED) is 0.561. The molecule has 35 heavy (non-hydrogen) atoms. The molecule has 8 nitrogen and oxygen atoms in total. The summed E-state index contributed by atoms with van der Waals surface area (Å²) >= 11 is 0. The molecular weight excluding hydrogens is 446 g/mol. The van der Waals surface area contributed by atoms with Crippen molar-refractivity contribution in [2.24, 2.45) is 0 Å². The van der Waals surface area contributed by atoms with Crippen LogP contribution in [0, 0.1) is 0 Å². The number of hydrogen-bond donors (Lipinski definition) is 2. The predicted octanol–water partition coefficient (Wildman–Crippen LogP) is 4.06. The Kier molecular flexibility index (Phi) is 6.18. The second-order valence-electron chi connectivity index (χ2n) is 8.75. The van der Waals surface area contributed by atoms with E-state index in [1.54, 1.807) is 12.1 Å². The van der Waals surface area contributed by atoms with Gasteiger partial charge in [-0.25, -0.2) is 9.59 Å². The Labute approximate surface area is 202 Å². The maximum atomic E-state index is 12.5. The minimum atomic E-state index is -0.980. The molecule has 0 saturated carbocycles. The normalized spacial score (nSPS) is 16.5. The number of aliphatic carboxylic acids is 1. The van der Waals surface area contributed by atoms with E-state index in [1.807, 2.05) is 24.3 Å². The Morgan fingerprint density at radius 1 is 1.00 bits per heavy atom. The van der Waals surface area contributed by atoms with Crippen LogP contribution >= 0.6 is 0 Å². The molecule has 2 heterocycles. The zero-order chi connectivity index (χ0) is 24.4. The minimum absolute atomic E-state index is 0.00893. The Hall–Kier alpha value is -4.20. The fraction of sp³-hybridized carbons (Fsp3) is 0.259. The Bertz CT molecular complexity index is 1230. The second-order valence-corrected chi connectivity index (χ2v) is 8.75. The number of aromatic nitrogens is 1. The lowest BCUT2D eigenvalue weighted by Crippen LogP contribution is -2.41. The number of carbonyl (C=O) groups is 3. The van der Waals surface area contributed by atoms with Crippen molar-refractivity contribution in [1.29, 1.82) is 0 Å². The summed E-state index contributed by atoms with van der Waals surface area (Å²) in [6, 6.07) is 18.8. The van der Waals surface area contributed by atoms with Crippen molar-refractivity contribution in [3.8, 4) is 11.1 Å². The van der Waals surface area contributed by atoms with Crippen molar-refractivity contribution >= 4 is 23.7 Å². The number of likely N-dealkylation sites (tertiary alicyclic amines) is 1. The van der Waals surface area contributed by atoms with Crippen LogP contribution in [-0.4, -0.2) is 52.2 Å². The summed E-state index contributed by atoms with van der Waals surface area (Å²) in [4.78, 5) is 41.9. The summed E-state index contributed by atoms with van der Waals surface area (Å²) in [5.74, 6) is -1.27. The molecule has 0 bridgehead atoms. The van der Waals surface area contributed by atoms with Crippen LogP contribution in [0.25, 0.3) is 11.1 Å².